The van der Waals surface area contributed by atoms with E-state index in [-0.39, 0.29) is 11.4 Å². The van der Waals surface area contributed by atoms with Crippen LogP contribution in [0.4, 0.5) is 4.79 Å². The standard InChI is InChI=1S/C17H23N5O5/c1-6-21-7-10(12(23)19-14(21)24)11-18-13(27-20-11)17(5)8-22(9-17)15(25)26-16(2,3)4/h7H,6,8-9H2,1-5H3,(H,19,23,24). The van der Waals surface area contributed by atoms with Crippen molar-refractivity contribution in [2.24, 2.45) is 0 Å². The van der Waals surface area contributed by atoms with Crippen LogP contribution < -0.4 is 11.2 Å². The fourth-order valence-electron chi connectivity index (χ4n) is 2.87. The zero-order valence-electron chi connectivity index (χ0n) is 16.0. The van der Waals surface area contributed by atoms with Crippen molar-refractivity contribution in [1.29, 1.82) is 0 Å². The summed E-state index contributed by atoms with van der Waals surface area (Å²) < 4.78 is 12.0. The van der Waals surface area contributed by atoms with Gasteiger partial charge in [0.05, 0.1) is 5.41 Å². The number of rotatable bonds is 3. The number of likely N-dealkylation sites (tertiary alicyclic amines) is 1. The average molecular weight is 377 g/mol. The number of amides is 1. The maximum Gasteiger partial charge on any atom is 0.410 e. The molecule has 10 heteroatoms. The van der Waals surface area contributed by atoms with Gasteiger partial charge < -0.3 is 18.7 Å². The molecule has 1 fully saturated rings. The van der Waals surface area contributed by atoms with E-state index in [9.17, 15) is 14.4 Å². The highest BCUT2D eigenvalue weighted by atomic mass is 16.6. The highest BCUT2D eigenvalue weighted by Crippen LogP contribution is 2.34. The van der Waals surface area contributed by atoms with Gasteiger partial charge in [-0.2, -0.15) is 4.98 Å². The summed E-state index contributed by atoms with van der Waals surface area (Å²) in [5.74, 6) is 0.427. The van der Waals surface area contributed by atoms with Crippen molar-refractivity contribution >= 4 is 6.09 Å². The van der Waals surface area contributed by atoms with Crippen molar-refractivity contribution in [2.75, 3.05) is 13.1 Å². The molecule has 0 unspecified atom stereocenters. The molecule has 0 radical (unpaired) electrons. The summed E-state index contributed by atoms with van der Waals surface area (Å²) in [6.45, 7) is 10.2. The van der Waals surface area contributed by atoms with Gasteiger partial charge in [0.2, 0.25) is 11.7 Å². The van der Waals surface area contributed by atoms with Crippen LogP contribution in [0.2, 0.25) is 0 Å². The predicted molar refractivity (Wildman–Crippen MR) is 95.4 cm³/mol. The molecule has 3 heterocycles. The average Bonchev–Trinajstić information content (AvgIpc) is 3.00. The molecule has 1 amide bonds. The third-order valence-electron chi connectivity index (χ3n) is 4.27. The number of carbonyl (C=O) groups excluding carboxylic acids is 1. The normalized spacial score (nSPS) is 16.1. The summed E-state index contributed by atoms with van der Waals surface area (Å²) in [5.41, 5.74) is -2.00. The van der Waals surface area contributed by atoms with E-state index in [1.807, 2.05) is 6.92 Å². The number of ether oxygens (including phenoxy) is 1. The summed E-state index contributed by atoms with van der Waals surface area (Å²) >= 11 is 0. The Hall–Kier alpha value is -2.91. The van der Waals surface area contributed by atoms with Crippen LogP contribution in [0, 0.1) is 0 Å². The summed E-state index contributed by atoms with van der Waals surface area (Å²) in [4.78, 5) is 43.9. The first-order chi connectivity index (χ1) is 12.5. The molecule has 2 aromatic heterocycles. The van der Waals surface area contributed by atoms with Crippen molar-refractivity contribution in [3.05, 3.63) is 32.9 Å². The lowest BCUT2D eigenvalue weighted by molar-refractivity contribution is -0.0122. The van der Waals surface area contributed by atoms with Gasteiger partial charge in [-0.15, -0.1) is 0 Å². The van der Waals surface area contributed by atoms with Crippen LogP contribution >= 0.6 is 0 Å². The number of hydrogen-bond donors (Lipinski definition) is 1. The zero-order valence-corrected chi connectivity index (χ0v) is 16.0. The molecular formula is C17H23N5O5. The second-order valence-corrected chi connectivity index (χ2v) is 7.91. The van der Waals surface area contributed by atoms with Gasteiger partial charge in [-0.1, -0.05) is 5.16 Å². The van der Waals surface area contributed by atoms with E-state index in [4.69, 9.17) is 9.26 Å². The number of nitrogens with zero attached hydrogens (tertiary/aromatic N) is 4. The van der Waals surface area contributed by atoms with Crippen molar-refractivity contribution in [3.8, 4) is 11.4 Å². The monoisotopic (exact) mass is 377 g/mol. The molecular weight excluding hydrogens is 354 g/mol. The van der Waals surface area contributed by atoms with E-state index in [0.717, 1.165) is 0 Å². The van der Waals surface area contributed by atoms with Gasteiger partial charge in [0.1, 0.15) is 11.2 Å². The first-order valence-corrected chi connectivity index (χ1v) is 8.69. The smallest absolute Gasteiger partial charge is 0.410 e. The van der Waals surface area contributed by atoms with E-state index in [2.05, 4.69) is 15.1 Å². The highest BCUT2D eigenvalue weighted by Gasteiger charge is 2.48. The third-order valence-corrected chi connectivity index (χ3v) is 4.27. The molecule has 1 aliphatic heterocycles. The Morgan fingerprint density at radius 2 is 2.04 bits per heavy atom. The van der Waals surface area contributed by atoms with Gasteiger partial charge in [0.15, 0.2) is 0 Å². The molecule has 0 saturated carbocycles. The SMILES string of the molecule is CCn1cc(-c2noc(C3(C)CN(C(=O)OC(C)(C)C)C3)n2)c(=O)[nH]c1=O. The molecule has 0 spiro atoms. The second kappa shape index (κ2) is 6.36. The van der Waals surface area contributed by atoms with Crippen LogP contribution in [0.15, 0.2) is 20.3 Å². The maximum atomic E-state index is 12.1. The number of hydrogen-bond acceptors (Lipinski definition) is 7. The highest BCUT2D eigenvalue weighted by molar-refractivity contribution is 5.70. The Morgan fingerprint density at radius 1 is 1.37 bits per heavy atom. The molecule has 1 saturated heterocycles. The van der Waals surface area contributed by atoms with Crippen LogP contribution in [0.3, 0.4) is 0 Å². The summed E-state index contributed by atoms with van der Waals surface area (Å²) in [5, 5.41) is 3.87. The van der Waals surface area contributed by atoms with Crippen molar-refractivity contribution in [3.63, 3.8) is 0 Å². The van der Waals surface area contributed by atoms with Gasteiger partial charge in [0.25, 0.3) is 5.56 Å². The van der Waals surface area contributed by atoms with E-state index in [1.165, 1.54) is 10.8 Å². The Balaban J connectivity index is 1.79. The van der Waals surface area contributed by atoms with Crippen LogP contribution in [0.1, 0.15) is 40.5 Å². The molecule has 0 atom stereocenters. The topological polar surface area (TPSA) is 123 Å². The van der Waals surface area contributed by atoms with Gasteiger partial charge in [-0.25, -0.2) is 9.59 Å². The molecule has 0 bridgehead atoms. The number of carbonyl (C=O) groups is 1. The van der Waals surface area contributed by atoms with Gasteiger partial charge >= 0.3 is 11.8 Å². The van der Waals surface area contributed by atoms with Gasteiger partial charge in [-0.3, -0.25) is 9.78 Å². The Bertz CT molecular complexity index is 975. The quantitative estimate of drug-likeness (QED) is 0.850. The van der Waals surface area contributed by atoms with Gasteiger partial charge in [0, 0.05) is 25.8 Å². The maximum absolute atomic E-state index is 12.1. The van der Waals surface area contributed by atoms with Crippen molar-refractivity contribution in [2.45, 2.75) is 52.2 Å². The molecule has 146 valence electrons. The Kier molecular flexibility index (Phi) is 4.44. The van der Waals surface area contributed by atoms with Crippen LogP contribution in [0.5, 0.6) is 0 Å². The Morgan fingerprint density at radius 3 is 2.63 bits per heavy atom. The van der Waals surface area contributed by atoms with E-state index in [1.54, 1.807) is 32.6 Å². The predicted octanol–water partition coefficient (Wildman–Crippen LogP) is 1.11. The van der Waals surface area contributed by atoms with Crippen LogP contribution in [-0.2, 0) is 16.7 Å². The number of aromatic amines is 1. The minimum atomic E-state index is -0.578. The molecule has 10 nitrogen and oxygen atoms in total. The number of aromatic nitrogens is 4. The Labute approximate surface area is 155 Å². The van der Waals surface area contributed by atoms with Crippen LogP contribution in [-0.4, -0.2) is 49.4 Å². The minimum absolute atomic E-state index is 0.102. The molecule has 27 heavy (non-hydrogen) atoms. The third kappa shape index (κ3) is 3.64. The lowest BCUT2D eigenvalue weighted by Gasteiger charge is -2.45. The lowest BCUT2D eigenvalue weighted by atomic mass is 9.82. The first-order valence-electron chi connectivity index (χ1n) is 8.69. The minimum Gasteiger partial charge on any atom is -0.444 e. The molecule has 1 N–H and O–H groups in total. The zero-order chi connectivity index (χ0) is 20.0. The summed E-state index contributed by atoms with van der Waals surface area (Å²) in [7, 11) is 0. The molecule has 3 rings (SSSR count). The van der Waals surface area contributed by atoms with Crippen LogP contribution in [0.25, 0.3) is 11.4 Å². The fourth-order valence-corrected chi connectivity index (χ4v) is 2.87. The molecule has 2 aromatic rings. The number of nitrogens with one attached hydrogen (secondary N) is 1. The van der Waals surface area contributed by atoms with Crippen molar-refractivity contribution in [1.82, 2.24) is 24.6 Å². The summed E-state index contributed by atoms with van der Waals surface area (Å²) in [6.07, 6.45) is 1.01. The van der Waals surface area contributed by atoms with Crippen molar-refractivity contribution < 1.29 is 14.1 Å². The first kappa shape index (κ1) is 18.9. The molecule has 0 aliphatic carbocycles. The van der Waals surface area contributed by atoms with E-state index in [0.29, 0.717) is 25.5 Å². The second-order valence-electron chi connectivity index (χ2n) is 7.91. The lowest BCUT2D eigenvalue weighted by Crippen LogP contribution is -2.60. The van der Waals surface area contributed by atoms with E-state index < -0.39 is 28.4 Å². The van der Waals surface area contributed by atoms with Gasteiger partial charge in [-0.05, 0) is 34.6 Å². The molecule has 1 aliphatic rings. The summed E-state index contributed by atoms with van der Waals surface area (Å²) in [6, 6.07) is 0. The number of aryl methyl sites for hydroxylation is 1. The molecule has 0 aromatic carbocycles. The number of H-pyrrole nitrogens is 1. The largest absolute Gasteiger partial charge is 0.444 e. The van der Waals surface area contributed by atoms with E-state index >= 15 is 0 Å². The fraction of sp³-hybridized carbons (Fsp3) is 0.588.